The van der Waals surface area contributed by atoms with Crippen LogP contribution in [0.1, 0.15) is 11.1 Å². The van der Waals surface area contributed by atoms with Crippen LogP contribution in [-0.2, 0) is 16.1 Å². The van der Waals surface area contributed by atoms with Crippen LogP contribution in [0.3, 0.4) is 0 Å². The van der Waals surface area contributed by atoms with E-state index in [-0.39, 0.29) is 6.61 Å². The Hall–Kier alpha value is -2.75. The quantitative estimate of drug-likeness (QED) is 0.507. The molecule has 102 valence electrons. The molecule has 0 aliphatic heterocycles. The molecule has 2 aromatic rings. The minimum Gasteiger partial charge on any atom is -0.458 e. The summed E-state index contributed by atoms with van der Waals surface area (Å²) < 4.78 is 5.12. The SMILES string of the molecule is Nc1ccc(COC(=O)/C=C/c2ccccc2)c(N)c1. The molecule has 0 aliphatic rings. The van der Waals surface area contributed by atoms with Crippen molar-refractivity contribution in [2.24, 2.45) is 0 Å². The highest BCUT2D eigenvalue weighted by Crippen LogP contribution is 2.16. The fraction of sp³-hybridized carbons (Fsp3) is 0.0625. The van der Waals surface area contributed by atoms with Gasteiger partial charge in [-0.25, -0.2) is 4.79 Å². The lowest BCUT2D eigenvalue weighted by molar-refractivity contribution is -0.138. The van der Waals surface area contributed by atoms with Crippen LogP contribution in [0.4, 0.5) is 11.4 Å². The Morgan fingerprint density at radius 3 is 2.55 bits per heavy atom. The number of hydrogen-bond acceptors (Lipinski definition) is 4. The zero-order valence-electron chi connectivity index (χ0n) is 11.0. The minimum atomic E-state index is -0.412. The molecule has 0 aromatic heterocycles. The van der Waals surface area contributed by atoms with Gasteiger partial charge in [-0.1, -0.05) is 36.4 Å². The van der Waals surface area contributed by atoms with Crippen LogP contribution in [0.25, 0.3) is 6.08 Å². The van der Waals surface area contributed by atoms with Gasteiger partial charge in [-0.2, -0.15) is 0 Å². The standard InChI is InChI=1S/C16H16N2O2/c17-14-8-7-13(15(18)10-14)11-20-16(19)9-6-12-4-2-1-3-5-12/h1-10H,11,17-18H2/b9-6+. The molecular weight excluding hydrogens is 252 g/mol. The maximum Gasteiger partial charge on any atom is 0.331 e. The van der Waals surface area contributed by atoms with Crippen molar-refractivity contribution >= 4 is 23.4 Å². The van der Waals surface area contributed by atoms with E-state index in [9.17, 15) is 4.79 Å². The molecule has 0 spiro atoms. The van der Waals surface area contributed by atoms with Gasteiger partial charge in [0.2, 0.25) is 0 Å². The van der Waals surface area contributed by atoms with Gasteiger partial charge in [-0.3, -0.25) is 0 Å². The predicted molar refractivity (Wildman–Crippen MR) is 80.5 cm³/mol. The molecule has 4 nitrogen and oxygen atoms in total. The third kappa shape index (κ3) is 3.88. The summed E-state index contributed by atoms with van der Waals surface area (Å²) in [5.41, 5.74) is 14.2. The maximum atomic E-state index is 11.6. The molecule has 0 aliphatic carbocycles. The number of carbonyl (C=O) groups is 1. The van der Waals surface area contributed by atoms with Gasteiger partial charge in [0.05, 0.1) is 0 Å². The van der Waals surface area contributed by atoms with Crippen LogP contribution in [0, 0.1) is 0 Å². The van der Waals surface area contributed by atoms with Crippen molar-refractivity contribution in [3.63, 3.8) is 0 Å². The Labute approximate surface area is 117 Å². The number of ether oxygens (including phenoxy) is 1. The number of nitrogens with two attached hydrogens (primary N) is 2. The van der Waals surface area contributed by atoms with Crippen molar-refractivity contribution in [1.29, 1.82) is 0 Å². The van der Waals surface area contributed by atoms with E-state index >= 15 is 0 Å². The highest BCUT2D eigenvalue weighted by atomic mass is 16.5. The average Bonchev–Trinajstić information content (AvgIpc) is 2.45. The molecule has 0 atom stereocenters. The summed E-state index contributed by atoms with van der Waals surface area (Å²) in [4.78, 5) is 11.6. The molecule has 0 fully saturated rings. The Bertz CT molecular complexity index is 622. The molecule has 2 rings (SSSR count). The number of rotatable bonds is 4. The Balaban J connectivity index is 1.91. The highest BCUT2D eigenvalue weighted by Gasteiger charge is 2.03. The highest BCUT2D eigenvalue weighted by molar-refractivity contribution is 5.87. The van der Waals surface area contributed by atoms with E-state index < -0.39 is 5.97 Å². The lowest BCUT2D eigenvalue weighted by Gasteiger charge is -2.06. The largest absolute Gasteiger partial charge is 0.458 e. The second-order valence-electron chi connectivity index (χ2n) is 4.31. The molecule has 0 saturated heterocycles. The van der Waals surface area contributed by atoms with Crippen LogP contribution in [-0.4, -0.2) is 5.97 Å². The number of hydrogen-bond donors (Lipinski definition) is 2. The summed E-state index contributed by atoms with van der Waals surface area (Å²) in [5.74, 6) is -0.412. The second kappa shape index (κ2) is 6.43. The molecule has 0 heterocycles. The molecule has 4 heteroatoms. The molecule has 0 saturated carbocycles. The fourth-order valence-electron chi connectivity index (χ4n) is 1.67. The summed E-state index contributed by atoms with van der Waals surface area (Å²) in [6, 6.07) is 14.6. The Morgan fingerprint density at radius 2 is 1.85 bits per heavy atom. The van der Waals surface area contributed by atoms with E-state index in [1.165, 1.54) is 6.08 Å². The van der Waals surface area contributed by atoms with Gasteiger partial charge in [0, 0.05) is 23.0 Å². The van der Waals surface area contributed by atoms with Crippen molar-refractivity contribution in [3.05, 3.63) is 65.7 Å². The van der Waals surface area contributed by atoms with Gasteiger partial charge >= 0.3 is 5.97 Å². The summed E-state index contributed by atoms with van der Waals surface area (Å²) in [6.45, 7) is 0.129. The van der Waals surface area contributed by atoms with Crippen molar-refractivity contribution in [2.75, 3.05) is 11.5 Å². The topological polar surface area (TPSA) is 78.3 Å². The lowest BCUT2D eigenvalue weighted by Crippen LogP contribution is -2.03. The Kier molecular flexibility index (Phi) is 4.39. The summed E-state index contributed by atoms with van der Waals surface area (Å²) in [6.07, 6.45) is 3.09. The first kappa shape index (κ1) is 13.7. The monoisotopic (exact) mass is 268 g/mol. The molecule has 0 unspecified atom stereocenters. The third-order valence-electron chi connectivity index (χ3n) is 2.75. The minimum absolute atomic E-state index is 0.129. The van der Waals surface area contributed by atoms with E-state index in [1.54, 1.807) is 24.3 Å². The normalized spacial score (nSPS) is 10.6. The van der Waals surface area contributed by atoms with E-state index in [1.807, 2.05) is 30.3 Å². The van der Waals surface area contributed by atoms with Gasteiger partial charge in [0.15, 0.2) is 0 Å². The first-order chi connectivity index (χ1) is 9.65. The number of esters is 1. The molecule has 2 aromatic carbocycles. The molecule has 0 bridgehead atoms. The molecule has 4 N–H and O–H groups in total. The molecule has 0 amide bonds. The van der Waals surface area contributed by atoms with Crippen molar-refractivity contribution in [1.82, 2.24) is 0 Å². The summed E-state index contributed by atoms with van der Waals surface area (Å²) in [7, 11) is 0. The van der Waals surface area contributed by atoms with E-state index in [4.69, 9.17) is 16.2 Å². The fourth-order valence-corrected chi connectivity index (χ4v) is 1.67. The van der Waals surface area contributed by atoms with Crippen LogP contribution < -0.4 is 11.5 Å². The number of nitrogen functional groups attached to an aromatic ring is 2. The van der Waals surface area contributed by atoms with Gasteiger partial charge in [0.1, 0.15) is 6.61 Å². The van der Waals surface area contributed by atoms with Crippen molar-refractivity contribution in [2.45, 2.75) is 6.61 Å². The summed E-state index contributed by atoms with van der Waals surface area (Å²) in [5, 5.41) is 0. The number of benzene rings is 2. The van der Waals surface area contributed by atoms with Crippen molar-refractivity contribution in [3.8, 4) is 0 Å². The van der Waals surface area contributed by atoms with Crippen LogP contribution in [0.15, 0.2) is 54.6 Å². The zero-order valence-corrected chi connectivity index (χ0v) is 11.0. The van der Waals surface area contributed by atoms with Crippen LogP contribution >= 0.6 is 0 Å². The predicted octanol–water partition coefficient (Wildman–Crippen LogP) is 2.61. The third-order valence-corrected chi connectivity index (χ3v) is 2.75. The van der Waals surface area contributed by atoms with Gasteiger partial charge in [-0.05, 0) is 23.8 Å². The zero-order chi connectivity index (χ0) is 14.4. The smallest absolute Gasteiger partial charge is 0.331 e. The Morgan fingerprint density at radius 1 is 1.10 bits per heavy atom. The molecular formula is C16H16N2O2. The molecule has 0 radical (unpaired) electrons. The maximum absolute atomic E-state index is 11.6. The average molecular weight is 268 g/mol. The van der Waals surface area contributed by atoms with E-state index in [0.29, 0.717) is 11.4 Å². The number of carbonyl (C=O) groups excluding carboxylic acids is 1. The number of anilines is 2. The van der Waals surface area contributed by atoms with Crippen LogP contribution in [0.2, 0.25) is 0 Å². The first-order valence-electron chi connectivity index (χ1n) is 6.19. The van der Waals surface area contributed by atoms with Crippen molar-refractivity contribution < 1.29 is 9.53 Å². The van der Waals surface area contributed by atoms with E-state index in [0.717, 1.165) is 11.1 Å². The lowest BCUT2D eigenvalue weighted by atomic mass is 10.2. The van der Waals surface area contributed by atoms with Gasteiger partial charge in [0.25, 0.3) is 0 Å². The summed E-state index contributed by atoms with van der Waals surface area (Å²) >= 11 is 0. The molecule has 20 heavy (non-hydrogen) atoms. The second-order valence-corrected chi connectivity index (χ2v) is 4.31. The van der Waals surface area contributed by atoms with Gasteiger partial charge in [-0.15, -0.1) is 0 Å². The van der Waals surface area contributed by atoms with Crippen LogP contribution in [0.5, 0.6) is 0 Å². The van der Waals surface area contributed by atoms with Gasteiger partial charge < -0.3 is 16.2 Å². The first-order valence-corrected chi connectivity index (χ1v) is 6.19. The van der Waals surface area contributed by atoms with E-state index in [2.05, 4.69) is 0 Å².